The normalized spacial score (nSPS) is 12.2. The SMILES string of the molecule is COC(=O)c1ccc(C(O)CBr)nc1. The summed E-state index contributed by atoms with van der Waals surface area (Å²) in [5.41, 5.74) is 0.896. The number of rotatable bonds is 3. The summed E-state index contributed by atoms with van der Waals surface area (Å²) in [6.45, 7) is 0. The van der Waals surface area contributed by atoms with Crippen molar-refractivity contribution in [3.05, 3.63) is 29.6 Å². The number of aliphatic hydroxyl groups excluding tert-OH is 1. The lowest BCUT2D eigenvalue weighted by Crippen LogP contribution is -2.05. The summed E-state index contributed by atoms with van der Waals surface area (Å²) in [6.07, 6.45) is 0.731. The number of alkyl halides is 1. The van der Waals surface area contributed by atoms with Crippen LogP contribution in [0.25, 0.3) is 0 Å². The van der Waals surface area contributed by atoms with Crippen molar-refractivity contribution in [2.24, 2.45) is 0 Å². The number of nitrogens with zero attached hydrogens (tertiary/aromatic N) is 1. The average molecular weight is 260 g/mol. The van der Waals surface area contributed by atoms with E-state index >= 15 is 0 Å². The Morgan fingerprint density at radius 3 is 2.86 bits per heavy atom. The van der Waals surface area contributed by atoms with E-state index in [0.717, 1.165) is 0 Å². The Balaban J connectivity index is 2.83. The van der Waals surface area contributed by atoms with Crippen molar-refractivity contribution in [3.8, 4) is 0 Å². The molecule has 0 aliphatic heterocycles. The molecule has 1 aromatic heterocycles. The predicted octanol–water partition coefficient (Wildman–Crippen LogP) is 1.30. The van der Waals surface area contributed by atoms with Gasteiger partial charge in [-0.2, -0.15) is 0 Å². The van der Waals surface area contributed by atoms with E-state index in [4.69, 9.17) is 0 Å². The highest BCUT2D eigenvalue weighted by atomic mass is 79.9. The molecule has 1 unspecified atom stereocenters. The highest BCUT2D eigenvalue weighted by Gasteiger charge is 2.09. The lowest BCUT2D eigenvalue weighted by molar-refractivity contribution is 0.0600. The van der Waals surface area contributed by atoms with Gasteiger partial charge in [-0.3, -0.25) is 4.98 Å². The molecule has 0 radical (unpaired) electrons. The third-order valence-corrected chi connectivity index (χ3v) is 2.31. The smallest absolute Gasteiger partial charge is 0.339 e. The molecule has 4 nitrogen and oxygen atoms in total. The quantitative estimate of drug-likeness (QED) is 0.657. The molecule has 0 spiro atoms. The summed E-state index contributed by atoms with van der Waals surface area (Å²) >= 11 is 3.13. The van der Waals surface area contributed by atoms with Gasteiger partial charge in [0.25, 0.3) is 0 Å². The molecule has 5 heteroatoms. The summed E-state index contributed by atoms with van der Waals surface area (Å²) in [4.78, 5) is 15.0. The summed E-state index contributed by atoms with van der Waals surface area (Å²) in [6, 6.07) is 3.16. The summed E-state index contributed by atoms with van der Waals surface area (Å²) in [5, 5.41) is 9.80. The van der Waals surface area contributed by atoms with Crippen LogP contribution >= 0.6 is 15.9 Å². The number of halogens is 1. The number of aromatic nitrogens is 1. The van der Waals surface area contributed by atoms with Crippen LogP contribution in [0.2, 0.25) is 0 Å². The Kier molecular flexibility index (Phi) is 4.03. The number of hydrogen-bond acceptors (Lipinski definition) is 4. The Morgan fingerprint density at radius 2 is 2.43 bits per heavy atom. The molecule has 1 atom stereocenters. The van der Waals surface area contributed by atoms with Crippen LogP contribution < -0.4 is 0 Å². The standard InChI is InChI=1S/C9H10BrNO3/c1-14-9(13)6-2-3-7(11-5-6)8(12)4-10/h2-3,5,8,12H,4H2,1H3. The fourth-order valence-corrected chi connectivity index (χ4v) is 1.25. The molecule has 0 aliphatic carbocycles. The lowest BCUT2D eigenvalue weighted by atomic mass is 10.2. The van der Waals surface area contributed by atoms with Crippen LogP contribution in [0.5, 0.6) is 0 Å². The van der Waals surface area contributed by atoms with Gasteiger partial charge in [-0.25, -0.2) is 4.79 Å². The van der Waals surface area contributed by atoms with Crippen molar-refractivity contribution >= 4 is 21.9 Å². The van der Waals surface area contributed by atoms with Crippen molar-refractivity contribution in [1.29, 1.82) is 0 Å². The van der Waals surface area contributed by atoms with E-state index in [9.17, 15) is 9.90 Å². The number of aliphatic hydroxyl groups is 1. The molecule has 1 N–H and O–H groups in total. The fourth-order valence-electron chi connectivity index (χ4n) is 0.920. The summed E-state index contributed by atoms with van der Waals surface area (Å²) in [7, 11) is 1.31. The molecule has 0 saturated carbocycles. The van der Waals surface area contributed by atoms with E-state index in [1.54, 1.807) is 12.1 Å². The number of pyridine rings is 1. The minimum absolute atomic E-state index is 0.373. The third-order valence-electron chi connectivity index (χ3n) is 1.70. The van der Waals surface area contributed by atoms with Crippen molar-refractivity contribution in [2.75, 3.05) is 12.4 Å². The van der Waals surface area contributed by atoms with Gasteiger partial charge in [0.05, 0.1) is 18.4 Å². The van der Waals surface area contributed by atoms with E-state index in [2.05, 4.69) is 25.7 Å². The van der Waals surface area contributed by atoms with Crippen LogP contribution in [0.1, 0.15) is 22.2 Å². The molecule has 0 bridgehead atoms. The number of hydrogen-bond donors (Lipinski definition) is 1. The number of esters is 1. The van der Waals surface area contributed by atoms with Crippen molar-refractivity contribution < 1.29 is 14.6 Å². The molecule has 0 amide bonds. The second kappa shape index (κ2) is 5.07. The van der Waals surface area contributed by atoms with Gasteiger partial charge >= 0.3 is 5.97 Å². The topological polar surface area (TPSA) is 59.4 Å². The van der Waals surface area contributed by atoms with E-state index in [1.807, 2.05) is 0 Å². The van der Waals surface area contributed by atoms with Crippen molar-refractivity contribution in [2.45, 2.75) is 6.10 Å². The van der Waals surface area contributed by atoms with Gasteiger partial charge in [0.2, 0.25) is 0 Å². The van der Waals surface area contributed by atoms with Gasteiger partial charge in [-0.1, -0.05) is 15.9 Å². The first kappa shape index (κ1) is 11.1. The number of methoxy groups -OCH3 is 1. The number of carbonyl (C=O) groups excluding carboxylic acids is 1. The van der Waals surface area contributed by atoms with Crippen LogP contribution in [-0.4, -0.2) is 28.5 Å². The zero-order chi connectivity index (χ0) is 10.6. The van der Waals surface area contributed by atoms with Gasteiger partial charge in [0.15, 0.2) is 0 Å². The zero-order valence-corrected chi connectivity index (χ0v) is 9.19. The van der Waals surface area contributed by atoms with E-state index in [1.165, 1.54) is 13.3 Å². The lowest BCUT2D eigenvalue weighted by Gasteiger charge is -2.06. The van der Waals surface area contributed by atoms with E-state index in [-0.39, 0.29) is 0 Å². The Labute approximate surface area is 90.0 Å². The van der Waals surface area contributed by atoms with Crippen LogP contribution in [0, 0.1) is 0 Å². The number of carbonyl (C=O) groups is 1. The average Bonchev–Trinajstić information content (AvgIpc) is 2.27. The van der Waals surface area contributed by atoms with Crippen LogP contribution in [0.4, 0.5) is 0 Å². The maximum absolute atomic E-state index is 11.0. The molecule has 1 rings (SSSR count). The highest BCUT2D eigenvalue weighted by molar-refractivity contribution is 9.09. The van der Waals surface area contributed by atoms with Gasteiger partial charge in [-0.05, 0) is 12.1 Å². The van der Waals surface area contributed by atoms with Gasteiger partial charge < -0.3 is 9.84 Å². The van der Waals surface area contributed by atoms with E-state index in [0.29, 0.717) is 16.6 Å². The Hall–Kier alpha value is -0.940. The van der Waals surface area contributed by atoms with Crippen LogP contribution in [0.15, 0.2) is 18.3 Å². The third kappa shape index (κ3) is 2.52. The fraction of sp³-hybridized carbons (Fsp3) is 0.333. The summed E-state index contributed by atoms with van der Waals surface area (Å²) < 4.78 is 4.51. The number of ether oxygens (including phenoxy) is 1. The minimum atomic E-state index is -0.651. The van der Waals surface area contributed by atoms with Gasteiger partial charge in [0.1, 0.15) is 6.10 Å². The molecule has 1 aromatic rings. The second-order valence-electron chi connectivity index (χ2n) is 2.63. The Morgan fingerprint density at radius 1 is 1.71 bits per heavy atom. The second-order valence-corrected chi connectivity index (χ2v) is 3.28. The largest absolute Gasteiger partial charge is 0.465 e. The first-order valence-corrected chi connectivity index (χ1v) is 5.09. The van der Waals surface area contributed by atoms with Gasteiger partial charge in [-0.15, -0.1) is 0 Å². The molecular weight excluding hydrogens is 250 g/mol. The van der Waals surface area contributed by atoms with Crippen molar-refractivity contribution in [3.63, 3.8) is 0 Å². The molecule has 0 fully saturated rings. The molecule has 0 saturated heterocycles. The van der Waals surface area contributed by atoms with Crippen molar-refractivity contribution in [1.82, 2.24) is 4.98 Å². The van der Waals surface area contributed by atoms with Crippen LogP contribution in [0.3, 0.4) is 0 Å². The minimum Gasteiger partial charge on any atom is -0.465 e. The first-order chi connectivity index (χ1) is 6.69. The molecule has 76 valence electrons. The molecule has 0 aromatic carbocycles. The van der Waals surface area contributed by atoms with Gasteiger partial charge in [0, 0.05) is 11.5 Å². The molecule has 14 heavy (non-hydrogen) atoms. The monoisotopic (exact) mass is 259 g/mol. The van der Waals surface area contributed by atoms with Crippen LogP contribution in [-0.2, 0) is 4.74 Å². The highest BCUT2D eigenvalue weighted by Crippen LogP contribution is 2.12. The summed E-state index contributed by atoms with van der Waals surface area (Å²) in [5.74, 6) is -0.433. The Bertz CT molecular complexity index is 312. The molecule has 1 heterocycles. The predicted molar refractivity (Wildman–Crippen MR) is 54.3 cm³/mol. The molecule has 0 aliphatic rings. The zero-order valence-electron chi connectivity index (χ0n) is 7.61. The van der Waals surface area contributed by atoms with E-state index < -0.39 is 12.1 Å². The molecular formula is C9H10BrNO3. The first-order valence-electron chi connectivity index (χ1n) is 3.97. The maximum atomic E-state index is 11.0. The maximum Gasteiger partial charge on any atom is 0.339 e.